The van der Waals surface area contributed by atoms with Crippen LogP contribution in [0.4, 0.5) is 11.5 Å². The molecule has 21 heavy (non-hydrogen) atoms. The van der Waals surface area contributed by atoms with Crippen LogP contribution in [0.3, 0.4) is 0 Å². The molecule has 0 unspecified atom stereocenters. The Morgan fingerprint density at radius 2 is 2.00 bits per heavy atom. The highest BCUT2D eigenvalue weighted by Gasteiger charge is 2.20. The molecule has 0 spiro atoms. The molecule has 0 radical (unpaired) electrons. The molecular weight excluding hydrogens is 288 g/mol. The summed E-state index contributed by atoms with van der Waals surface area (Å²) in [6, 6.07) is 1.87. The fraction of sp³-hybridized carbons (Fsp3) is 0.286. The van der Waals surface area contributed by atoms with E-state index < -0.39 is 0 Å². The number of halogens is 1. The molecule has 1 fully saturated rings. The number of rotatable bonds is 1. The second-order valence-electron chi connectivity index (χ2n) is 5.20. The normalized spacial score (nSPS) is 16.0. The molecule has 4 N–H and O–H groups in total. The Kier molecular flexibility index (Phi) is 2.87. The van der Waals surface area contributed by atoms with Gasteiger partial charge in [0.15, 0.2) is 0 Å². The third-order valence-electron chi connectivity index (χ3n) is 3.89. The molecular formula is C14H15ClN6. The van der Waals surface area contributed by atoms with Gasteiger partial charge in [-0.15, -0.1) is 0 Å². The largest absolute Gasteiger partial charge is 0.384 e. The van der Waals surface area contributed by atoms with Gasteiger partial charge >= 0.3 is 0 Å². The number of aromatic amines is 1. The SMILES string of the molecule is Nc1cc2c(cn1)[nH]c1ncc(Cl)c(N3CCNCC3)c12. The van der Waals surface area contributed by atoms with Crippen molar-refractivity contribution in [2.75, 3.05) is 36.8 Å². The molecule has 3 aromatic heterocycles. The van der Waals surface area contributed by atoms with Crippen molar-refractivity contribution in [1.29, 1.82) is 0 Å². The van der Waals surface area contributed by atoms with E-state index in [1.54, 1.807) is 12.4 Å². The number of anilines is 2. The number of hydrogen-bond acceptors (Lipinski definition) is 5. The Hall–Kier alpha value is -2.05. The highest BCUT2D eigenvalue weighted by atomic mass is 35.5. The molecule has 3 aromatic rings. The number of nitrogens with one attached hydrogen (secondary N) is 2. The minimum absolute atomic E-state index is 0.495. The number of fused-ring (bicyclic) bond motifs is 3. The quantitative estimate of drug-likeness (QED) is 0.638. The third kappa shape index (κ3) is 1.99. The summed E-state index contributed by atoms with van der Waals surface area (Å²) in [6.07, 6.45) is 3.44. The number of hydrogen-bond donors (Lipinski definition) is 3. The Balaban J connectivity index is 2.04. The average molecular weight is 303 g/mol. The predicted octanol–water partition coefficient (Wildman–Crippen LogP) is 1.76. The molecule has 4 heterocycles. The Morgan fingerprint density at radius 3 is 2.81 bits per heavy atom. The maximum atomic E-state index is 6.45. The Labute approximate surface area is 126 Å². The lowest BCUT2D eigenvalue weighted by Gasteiger charge is -2.30. The number of nitrogens with zero attached hydrogens (tertiary/aromatic N) is 3. The van der Waals surface area contributed by atoms with Crippen molar-refractivity contribution in [2.24, 2.45) is 0 Å². The molecule has 0 bridgehead atoms. The van der Waals surface area contributed by atoms with Crippen LogP contribution in [0, 0.1) is 0 Å². The number of pyridine rings is 2. The summed E-state index contributed by atoms with van der Waals surface area (Å²) in [5.41, 5.74) is 8.60. The lowest BCUT2D eigenvalue weighted by Crippen LogP contribution is -2.43. The lowest BCUT2D eigenvalue weighted by molar-refractivity contribution is 0.590. The summed E-state index contributed by atoms with van der Waals surface area (Å²) < 4.78 is 0. The number of aromatic nitrogens is 3. The van der Waals surface area contributed by atoms with Crippen LogP contribution in [-0.4, -0.2) is 41.1 Å². The highest BCUT2D eigenvalue weighted by Crippen LogP contribution is 2.38. The number of nitrogen functional groups attached to an aromatic ring is 1. The molecule has 0 saturated carbocycles. The van der Waals surface area contributed by atoms with Crippen LogP contribution in [0.15, 0.2) is 18.5 Å². The van der Waals surface area contributed by atoms with E-state index >= 15 is 0 Å². The van der Waals surface area contributed by atoms with Gasteiger partial charge in [0.25, 0.3) is 0 Å². The van der Waals surface area contributed by atoms with Crippen LogP contribution in [0.2, 0.25) is 5.02 Å². The zero-order valence-corrected chi connectivity index (χ0v) is 12.1. The van der Waals surface area contributed by atoms with Crippen molar-refractivity contribution in [3.8, 4) is 0 Å². The Morgan fingerprint density at radius 1 is 1.19 bits per heavy atom. The van der Waals surface area contributed by atoms with Gasteiger partial charge in [-0.05, 0) is 6.07 Å². The zero-order chi connectivity index (χ0) is 14.4. The molecule has 1 saturated heterocycles. The third-order valence-corrected chi connectivity index (χ3v) is 4.16. The zero-order valence-electron chi connectivity index (χ0n) is 11.4. The van der Waals surface area contributed by atoms with Crippen molar-refractivity contribution in [2.45, 2.75) is 0 Å². The van der Waals surface area contributed by atoms with E-state index in [0.717, 1.165) is 53.8 Å². The first-order valence-corrected chi connectivity index (χ1v) is 7.29. The molecule has 0 aromatic carbocycles. The molecule has 0 aliphatic carbocycles. The maximum Gasteiger partial charge on any atom is 0.140 e. The van der Waals surface area contributed by atoms with Crippen LogP contribution in [0.1, 0.15) is 0 Å². The van der Waals surface area contributed by atoms with Gasteiger partial charge in [0.2, 0.25) is 0 Å². The standard InChI is InChI=1S/C14H15ClN6/c15-9-6-19-14-12(13(9)21-3-1-17-2-4-21)8-5-11(16)18-7-10(8)20-14/h5-7,17H,1-4H2,(H2,16,18)(H,19,20). The van der Waals surface area contributed by atoms with Crippen LogP contribution in [0.5, 0.6) is 0 Å². The van der Waals surface area contributed by atoms with Crippen molar-refractivity contribution < 1.29 is 0 Å². The van der Waals surface area contributed by atoms with Crippen LogP contribution in [0.25, 0.3) is 21.9 Å². The summed E-state index contributed by atoms with van der Waals surface area (Å²) in [4.78, 5) is 14.1. The first-order valence-electron chi connectivity index (χ1n) is 6.91. The second-order valence-corrected chi connectivity index (χ2v) is 5.60. The van der Waals surface area contributed by atoms with E-state index in [-0.39, 0.29) is 0 Å². The highest BCUT2D eigenvalue weighted by molar-refractivity contribution is 6.35. The van der Waals surface area contributed by atoms with E-state index in [0.29, 0.717) is 10.8 Å². The van der Waals surface area contributed by atoms with Crippen molar-refractivity contribution in [1.82, 2.24) is 20.3 Å². The maximum absolute atomic E-state index is 6.45. The molecule has 1 aliphatic rings. The van der Waals surface area contributed by atoms with Gasteiger partial charge in [-0.1, -0.05) is 11.6 Å². The molecule has 0 atom stereocenters. The van der Waals surface area contributed by atoms with Crippen molar-refractivity contribution >= 4 is 45.0 Å². The van der Waals surface area contributed by atoms with Crippen LogP contribution >= 0.6 is 11.6 Å². The molecule has 108 valence electrons. The summed E-state index contributed by atoms with van der Waals surface area (Å²) >= 11 is 6.45. The minimum atomic E-state index is 0.495. The first-order chi connectivity index (χ1) is 10.2. The molecule has 0 amide bonds. The van der Waals surface area contributed by atoms with E-state index in [9.17, 15) is 0 Å². The molecule has 7 heteroatoms. The van der Waals surface area contributed by atoms with E-state index in [1.807, 2.05) is 6.07 Å². The van der Waals surface area contributed by atoms with Crippen molar-refractivity contribution in [3.05, 3.63) is 23.5 Å². The van der Waals surface area contributed by atoms with E-state index in [2.05, 4.69) is 25.2 Å². The van der Waals surface area contributed by atoms with Gasteiger partial charge in [0.05, 0.1) is 34.0 Å². The van der Waals surface area contributed by atoms with Gasteiger partial charge in [-0.2, -0.15) is 0 Å². The van der Waals surface area contributed by atoms with Gasteiger partial charge in [0.1, 0.15) is 11.5 Å². The monoisotopic (exact) mass is 302 g/mol. The fourth-order valence-electron chi connectivity index (χ4n) is 2.93. The first kappa shape index (κ1) is 12.7. The summed E-state index contributed by atoms with van der Waals surface area (Å²) in [5, 5.41) is 6.06. The van der Waals surface area contributed by atoms with Crippen LogP contribution < -0.4 is 16.0 Å². The fourth-order valence-corrected chi connectivity index (χ4v) is 3.19. The van der Waals surface area contributed by atoms with Crippen LogP contribution in [-0.2, 0) is 0 Å². The summed E-state index contributed by atoms with van der Waals surface area (Å²) in [7, 11) is 0. The Bertz CT molecular complexity index is 821. The predicted molar refractivity (Wildman–Crippen MR) is 85.9 cm³/mol. The molecule has 1 aliphatic heterocycles. The van der Waals surface area contributed by atoms with Gasteiger partial charge in [-0.25, -0.2) is 9.97 Å². The van der Waals surface area contributed by atoms with Gasteiger partial charge in [-0.3, -0.25) is 0 Å². The van der Waals surface area contributed by atoms with Crippen molar-refractivity contribution in [3.63, 3.8) is 0 Å². The molecule has 6 nitrogen and oxygen atoms in total. The number of H-pyrrole nitrogens is 1. The molecule has 4 rings (SSSR count). The summed E-state index contributed by atoms with van der Waals surface area (Å²) in [6.45, 7) is 3.75. The average Bonchev–Trinajstić information content (AvgIpc) is 2.86. The second kappa shape index (κ2) is 4.75. The smallest absolute Gasteiger partial charge is 0.140 e. The summed E-state index contributed by atoms with van der Waals surface area (Å²) in [5.74, 6) is 0.495. The lowest BCUT2D eigenvalue weighted by atomic mass is 10.1. The topological polar surface area (TPSA) is 82.9 Å². The van der Waals surface area contributed by atoms with Gasteiger partial charge in [0, 0.05) is 31.6 Å². The van der Waals surface area contributed by atoms with E-state index in [4.69, 9.17) is 17.3 Å². The minimum Gasteiger partial charge on any atom is -0.384 e. The number of nitrogens with two attached hydrogens (primary N) is 1. The van der Waals surface area contributed by atoms with E-state index in [1.165, 1.54) is 0 Å². The number of piperazine rings is 1. The van der Waals surface area contributed by atoms with Gasteiger partial charge < -0.3 is 20.9 Å².